The summed E-state index contributed by atoms with van der Waals surface area (Å²) in [4.78, 5) is 24.1. The highest BCUT2D eigenvalue weighted by Crippen LogP contribution is 2.41. The molecule has 0 fully saturated rings. The van der Waals surface area contributed by atoms with E-state index in [9.17, 15) is 14.7 Å². The number of aliphatic hydroxyl groups excluding tert-OH is 1. The molecule has 2 rings (SSSR count). The summed E-state index contributed by atoms with van der Waals surface area (Å²) in [5.41, 5.74) is -0.468. The highest BCUT2D eigenvalue weighted by molar-refractivity contribution is 6.16. The SMILES string of the molecule is COC(=O)C1(CO)Cc2c(OC)cccc2C1=O. The van der Waals surface area contributed by atoms with Crippen molar-refractivity contribution in [1.82, 2.24) is 0 Å². The van der Waals surface area contributed by atoms with Crippen LogP contribution in [0.5, 0.6) is 5.75 Å². The number of methoxy groups -OCH3 is 2. The highest BCUT2D eigenvalue weighted by Gasteiger charge is 2.53. The summed E-state index contributed by atoms with van der Waals surface area (Å²) in [6.07, 6.45) is 0.106. The lowest BCUT2D eigenvalue weighted by molar-refractivity contribution is -0.151. The second-order valence-electron chi connectivity index (χ2n) is 4.22. The quantitative estimate of drug-likeness (QED) is 0.627. The normalized spacial score (nSPS) is 21.6. The first-order valence-electron chi connectivity index (χ1n) is 5.50. The Bertz CT molecular complexity index is 508. The minimum absolute atomic E-state index is 0.106. The van der Waals surface area contributed by atoms with E-state index in [1.807, 2.05) is 0 Å². The van der Waals surface area contributed by atoms with Gasteiger partial charge in [0, 0.05) is 17.5 Å². The van der Waals surface area contributed by atoms with E-state index in [1.165, 1.54) is 14.2 Å². The van der Waals surface area contributed by atoms with Crippen molar-refractivity contribution in [3.05, 3.63) is 29.3 Å². The van der Waals surface area contributed by atoms with E-state index in [-0.39, 0.29) is 6.42 Å². The van der Waals surface area contributed by atoms with Crippen molar-refractivity contribution in [2.45, 2.75) is 6.42 Å². The van der Waals surface area contributed by atoms with Crippen LogP contribution in [0.3, 0.4) is 0 Å². The number of rotatable bonds is 3. The van der Waals surface area contributed by atoms with Crippen LogP contribution in [0.15, 0.2) is 18.2 Å². The number of Topliss-reactive ketones (excluding diaryl/α,β-unsaturated/α-hetero) is 1. The van der Waals surface area contributed by atoms with Crippen LogP contribution < -0.4 is 4.74 Å². The van der Waals surface area contributed by atoms with Gasteiger partial charge in [-0.05, 0) is 6.07 Å². The average Bonchev–Trinajstić information content (AvgIpc) is 2.72. The molecule has 1 unspecified atom stereocenters. The highest BCUT2D eigenvalue weighted by atomic mass is 16.5. The van der Waals surface area contributed by atoms with Crippen molar-refractivity contribution in [1.29, 1.82) is 0 Å². The zero-order valence-corrected chi connectivity index (χ0v) is 10.2. The van der Waals surface area contributed by atoms with Crippen LogP contribution in [-0.4, -0.2) is 37.7 Å². The van der Waals surface area contributed by atoms with Crippen LogP contribution in [0.25, 0.3) is 0 Å². The number of hydrogen-bond donors (Lipinski definition) is 1. The molecular formula is C13H14O5. The van der Waals surface area contributed by atoms with Gasteiger partial charge in [0.05, 0.1) is 20.8 Å². The molecule has 0 spiro atoms. The number of carbonyl (C=O) groups excluding carboxylic acids is 2. The maximum absolute atomic E-state index is 12.3. The molecule has 0 aromatic heterocycles. The number of hydrogen-bond acceptors (Lipinski definition) is 5. The number of fused-ring (bicyclic) bond motifs is 1. The minimum atomic E-state index is -1.52. The predicted octanol–water partition coefficient (Wildman–Crippen LogP) is 0.586. The van der Waals surface area contributed by atoms with Crippen molar-refractivity contribution in [3.8, 4) is 5.75 Å². The first kappa shape index (κ1) is 12.6. The van der Waals surface area contributed by atoms with E-state index in [0.717, 1.165) is 0 Å². The summed E-state index contributed by atoms with van der Waals surface area (Å²) in [6.45, 7) is -0.573. The van der Waals surface area contributed by atoms with E-state index in [1.54, 1.807) is 18.2 Å². The van der Waals surface area contributed by atoms with Gasteiger partial charge in [0.2, 0.25) is 0 Å². The summed E-state index contributed by atoms with van der Waals surface area (Å²) < 4.78 is 9.81. The third kappa shape index (κ3) is 1.51. The van der Waals surface area contributed by atoms with Gasteiger partial charge < -0.3 is 14.6 Å². The molecule has 0 saturated heterocycles. The molecular weight excluding hydrogens is 236 g/mol. The summed E-state index contributed by atoms with van der Waals surface area (Å²) in [7, 11) is 2.70. The molecule has 1 aliphatic carbocycles. The Kier molecular flexibility index (Phi) is 3.09. The largest absolute Gasteiger partial charge is 0.496 e. The van der Waals surface area contributed by atoms with Crippen LogP contribution >= 0.6 is 0 Å². The van der Waals surface area contributed by atoms with Crippen molar-refractivity contribution in [2.24, 2.45) is 5.41 Å². The molecule has 0 bridgehead atoms. The first-order valence-corrected chi connectivity index (χ1v) is 5.50. The third-order valence-corrected chi connectivity index (χ3v) is 3.36. The zero-order chi connectivity index (χ0) is 13.3. The van der Waals surface area contributed by atoms with E-state index < -0.39 is 23.8 Å². The molecule has 96 valence electrons. The van der Waals surface area contributed by atoms with E-state index in [2.05, 4.69) is 4.74 Å². The summed E-state index contributed by atoms with van der Waals surface area (Å²) in [5.74, 6) is -0.584. The lowest BCUT2D eigenvalue weighted by atomic mass is 9.84. The Labute approximate surface area is 104 Å². The number of ketones is 1. The Balaban J connectivity index is 2.55. The van der Waals surface area contributed by atoms with Crippen LogP contribution in [0.4, 0.5) is 0 Å². The molecule has 1 aliphatic rings. The van der Waals surface area contributed by atoms with Gasteiger partial charge in [0.1, 0.15) is 5.75 Å². The van der Waals surface area contributed by atoms with E-state index in [4.69, 9.17) is 4.74 Å². The molecule has 0 radical (unpaired) electrons. The van der Waals surface area contributed by atoms with Crippen LogP contribution in [0.2, 0.25) is 0 Å². The van der Waals surface area contributed by atoms with Crippen molar-refractivity contribution >= 4 is 11.8 Å². The molecule has 18 heavy (non-hydrogen) atoms. The number of aliphatic hydroxyl groups is 1. The lowest BCUT2D eigenvalue weighted by Crippen LogP contribution is -2.41. The Morgan fingerprint density at radius 2 is 2.17 bits per heavy atom. The summed E-state index contributed by atoms with van der Waals surface area (Å²) in [5, 5.41) is 9.46. The lowest BCUT2D eigenvalue weighted by Gasteiger charge is -2.21. The molecule has 0 saturated carbocycles. The summed E-state index contributed by atoms with van der Waals surface area (Å²) >= 11 is 0. The Morgan fingerprint density at radius 3 is 2.72 bits per heavy atom. The molecule has 0 heterocycles. The zero-order valence-electron chi connectivity index (χ0n) is 10.2. The van der Waals surface area contributed by atoms with Gasteiger partial charge in [-0.15, -0.1) is 0 Å². The van der Waals surface area contributed by atoms with Gasteiger partial charge in [0.15, 0.2) is 11.2 Å². The number of ether oxygens (including phenoxy) is 2. The van der Waals surface area contributed by atoms with Gasteiger partial charge in [-0.3, -0.25) is 9.59 Å². The molecule has 1 atom stereocenters. The van der Waals surface area contributed by atoms with Gasteiger partial charge in [0.25, 0.3) is 0 Å². The van der Waals surface area contributed by atoms with Crippen molar-refractivity contribution in [3.63, 3.8) is 0 Å². The standard InChI is InChI=1S/C13H14O5/c1-17-10-5-3-4-8-9(10)6-13(7-14,11(8)15)12(16)18-2/h3-5,14H,6-7H2,1-2H3. The molecule has 1 N–H and O–H groups in total. The second-order valence-corrected chi connectivity index (χ2v) is 4.22. The molecule has 1 aromatic rings. The fourth-order valence-electron chi connectivity index (χ4n) is 2.34. The fourth-order valence-corrected chi connectivity index (χ4v) is 2.34. The molecule has 0 aliphatic heterocycles. The smallest absolute Gasteiger partial charge is 0.322 e. The van der Waals surface area contributed by atoms with E-state index in [0.29, 0.717) is 16.9 Å². The molecule has 0 amide bonds. The fraction of sp³-hybridized carbons (Fsp3) is 0.385. The number of esters is 1. The number of benzene rings is 1. The molecule has 5 heteroatoms. The van der Waals surface area contributed by atoms with Gasteiger partial charge in [-0.2, -0.15) is 0 Å². The average molecular weight is 250 g/mol. The Morgan fingerprint density at radius 1 is 1.44 bits per heavy atom. The van der Waals surface area contributed by atoms with E-state index >= 15 is 0 Å². The topological polar surface area (TPSA) is 72.8 Å². The number of carbonyl (C=O) groups is 2. The predicted molar refractivity (Wildman–Crippen MR) is 62.6 cm³/mol. The molecule has 5 nitrogen and oxygen atoms in total. The van der Waals surface area contributed by atoms with Crippen LogP contribution in [-0.2, 0) is 16.0 Å². The van der Waals surface area contributed by atoms with Gasteiger partial charge in [-0.25, -0.2) is 0 Å². The van der Waals surface area contributed by atoms with Gasteiger partial charge in [-0.1, -0.05) is 12.1 Å². The van der Waals surface area contributed by atoms with Crippen LogP contribution in [0.1, 0.15) is 15.9 Å². The van der Waals surface area contributed by atoms with Crippen LogP contribution in [0, 0.1) is 5.41 Å². The van der Waals surface area contributed by atoms with Crippen molar-refractivity contribution < 1.29 is 24.2 Å². The Hall–Kier alpha value is -1.88. The van der Waals surface area contributed by atoms with Gasteiger partial charge >= 0.3 is 5.97 Å². The maximum Gasteiger partial charge on any atom is 0.322 e. The third-order valence-electron chi connectivity index (χ3n) is 3.36. The molecule has 1 aromatic carbocycles. The maximum atomic E-state index is 12.3. The summed E-state index contributed by atoms with van der Waals surface area (Å²) in [6, 6.07) is 5.03. The van der Waals surface area contributed by atoms with Crippen molar-refractivity contribution in [2.75, 3.05) is 20.8 Å². The first-order chi connectivity index (χ1) is 8.60. The minimum Gasteiger partial charge on any atom is -0.496 e. The monoisotopic (exact) mass is 250 g/mol. The second kappa shape index (κ2) is 4.42.